The van der Waals surface area contributed by atoms with Crippen LogP contribution in [0.5, 0.6) is 0 Å². The van der Waals surface area contributed by atoms with Crippen molar-refractivity contribution in [3.63, 3.8) is 0 Å². The van der Waals surface area contributed by atoms with E-state index in [1.165, 1.54) is 37.9 Å². The molecule has 0 aromatic heterocycles. The number of thioether (sulfide) groups is 1. The predicted molar refractivity (Wildman–Crippen MR) is 131 cm³/mol. The number of hydrogen-bond acceptors (Lipinski definition) is 3. The second kappa shape index (κ2) is 12.6. The lowest BCUT2D eigenvalue weighted by Crippen LogP contribution is -2.39. The molecule has 156 valence electrons. The molecule has 2 aliphatic rings. The summed E-state index contributed by atoms with van der Waals surface area (Å²) < 4.78 is 0. The van der Waals surface area contributed by atoms with Crippen LogP contribution in [-0.2, 0) is 11.3 Å². The van der Waals surface area contributed by atoms with Crippen LogP contribution in [0, 0.1) is 5.92 Å². The molecule has 1 unspecified atom stereocenters. The Morgan fingerprint density at radius 1 is 1.14 bits per heavy atom. The first kappa shape index (κ1) is 23.3. The summed E-state index contributed by atoms with van der Waals surface area (Å²) in [5, 5.41) is 10.6. The van der Waals surface area contributed by atoms with Crippen LogP contribution < -0.4 is 16.0 Å². The number of benzene rings is 1. The van der Waals surface area contributed by atoms with Crippen LogP contribution in [-0.4, -0.2) is 36.5 Å². The molecule has 0 radical (unpaired) electrons. The van der Waals surface area contributed by atoms with Gasteiger partial charge in [-0.2, -0.15) is 11.8 Å². The molecule has 0 bridgehead atoms. The number of rotatable bonds is 6. The summed E-state index contributed by atoms with van der Waals surface area (Å²) in [6.45, 7) is 1.65. The minimum atomic E-state index is 0. The van der Waals surface area contributed by atoms with Gasteiger partial charge in [0.15, 0.2) is 5.96 Å². The molecule has 1 aromatic rings. The van der Waals surface area contributed by atoms with Gasteiger partial charge in [0, 0.05) is 37.0 Å². The van der Waals surface area contributed by atoms with Gasteiger partial charge in [0.2, 0.25) is 5.91 Å². The van der Waals surface area contributed by atoms with E-state index in [2.05, 4.69) is 27.0 Å². The fourth-order valence-electron chi connectivity index (χ4n) is 3.79. The summed E-state index contributed by atoms with van der Waals surface area (Å²) in [5.41, 5.74) is 2.02. The third kappa shape index (κ3) is 7.46. The van der Waals surface area contributed by atoms with Crippen LogP contribution in [0.1, 0.15) is 50.5 Å². The van der Waals surface area contributed by atoms with Crippen molar-refractivity contribution in [1.29, 1.82) is 0 Å². The molecule has 28 heavy (non-hydrogen) atoms. The van der Waals surface area contributed by atoms with Crippen LogP contribution in [0.2, 0.25) is 0 Å². The Bertz CT molecular complexity index is 643. The van der Waals surface area contributed by atoms with E-state index in [0.717, 1.165) is 36.6 Å². The second-order valence-electron chi connectivity index (χ2n) is 7.47. The average Bonchev–Trinajstić information content (AvgIpc) is 3.23. The fourth-order valence-corrected chi connectivity index (χ4v) is 4.99. The first-order valence-corrected chi connectivity index (χ1v) is 11.3. The van der Waals surface area contributed by atoms with Gasteiger partial charge in [-0.1, -0.05) is 31.4 Å². The Morgan fingerprint density at radius 2 is 1.96 bits per heavy atom. The molecular formula is C21H33IN4OS. The number of nitrogens with zero attached hydrogens (tertiary/aromatic N) is 1. The van der Waals surface area contributed by atoms with Crippen LogP contribution in [0.15, 0.2) is 29.3 Å². The Labute approximate surface area is 190 Å². The molecule has 1 atom stereocenters. The largest absolute Gasteiger partial charge is 0.355 e. The number of guanidine groups is 1. The molecule has 5 nitrogen and oxygen atoms in total. The topological polar surface area (TPSA) is 65.5 Å². The zero-order valence-electron chi connectivity index (χ0n) is 16.7. The molecule has 3 rings (SSSR count). The van der Waals surface area contributed by atoms with E-state index in [1.54, 1.807) is 7.05 Å². The van der Waals surface area contributed by atoms with Gasteiger partial charge in [0.25, 0.3) is 0 Å². The normalized spacial score (nSPS) is 20.3. The first-order valence-electron chi connectivity index (χ1n) is 10.2. The van der Waals surface area contributed by atoms with Crippen molar-refractivity contribution in [1.82, 2.24) is 10.6 Å². The molecule has 1 amide bonds. The van der Waals surface area contributed by atoms with E-state index in [1.807, 2.05) is 30.0 Å². The molecule has 7 heteroatoms. The van der Waals surface area contributed by atoms with E-state index in [-0.39, 0.29) is 35.8 Å². The van der Waals surface area contributed by atoms with Gasteiger partial charge in [-0.3, -0.25) is 9.79 Å². The number of nitrogens with one attached hydrogen (secondary N) is 3. The van der Waals surface area contributed by atoms with Crippen molar-refractivity contribution in [3.05, 3.63) is 29.8 Å². The molecule has 1 saturated carbocycles. The number of carbonyl (C=O) groups excluding carboxylic acids is 1. The summed E-state index contributed by atoms with van der Waals surface area (Å²) in [6.07, 6.45) is 8.27. The SMILES string of the molecule is CN=C(NCc1cccc(NC(=O)C2CCCCC2)c1)NCC1CCCS1.I. The highest BCUT2D eigenvalue weighted by Crippen LogP contribution is 2.26. The molecule has 0 spiro atoms. The lowest BCUT2D eigenvalue weighted by atomic mass is 9.88. The van der Waals surface area contributed by atoms with Gasteiger partial charge < -0.3 is 16.0 Å². The Morgan fingerprint density at radius 3 is 2.68 bits per heavy atom. The summed E-state index contributed by atoms with van der Waals surface area (Å²) >= 11 is 2.04. The fraction of sp³-hybridized carbons (Fsp3) is 0.619. The highest BCUT2D eigenvalue weighted by Gasteiger charge is 2.21. The summed E-state index contributed by atoms with van der Waals surface area (Å²) in [7, 11) is 1.80. The Kier molecular flexibility index (Phi) is 10.5. The van der Waals surface area contributed by atoms with Gasteiger partial charge in [-0.25, -0.2) is 0 Å². The third-order valence-corrected chi connectivity index (χ3v) is 6.77. The van der Waals surface area contributed by atoms with E-state index in [4.69, 9.17) is 0 Å². The van der Waals surface area contributed by atoms with Crippen LogP contribution in [0.25, 0.3) is 0 Å². The lowest BCUT2D eigenvalue weighted by molar-refractivity contribution is -0.120. The van der Waals surface area contributed by atoms with Gasteiger partial charge in [-0.15, -0.1) is 24.0 Å². The smallest absolute Gasteiger partial charge is 0.227 e. The average molecular weight is 516 g/mol. The van der Waals surface area contributed by atoms with Gasteiger partial charge in [-0.05, 0) is 49.1 Å². The maximum absolute atomic E-state index is 12.4. The maximum Gasteiger partial charge on any atom is 0.227 e. The Balaban J connectivity index is 0.00000280. The molecular weight excluding hydrogens is 483 g/mol. The van der Waals surface area contributed by atoms with Crippen molar-refractivity contribution in [2.45, 2.75) is 56.7 Å². The third-order valence-electron chi connectivity index (χ3n) is 5.38. The van der Waals surface area contributed by atoms with E-state index >= 15 is 0 Å². The number of anilines is 1. The zero-order valence-corrected chi connectivity index (χ0v) is 19.9. The van der Waals surface area contributed by atoms with Crippen LogP contribution in [0.4, 0.5) is 5.69 Å². The summed E-state index contributed by atoms with van der Waals surface area (Å²) in [4.78, 5) is 16.8. The highest BCUT2D eigenvalue weighted by molar-refractivity contribution is 14.0. The van der Waals surface area contributed by atoms with Crippen molar-refractivity contribution in [3.8, 4) is 0 Å². The van der Waals surface area contributed by atoms with Crippen LogP contribution in [0.3, 0.4) is 0 Å². The van der Waals surface area contributed by atoms with Crippen molar-refractivity contribution >= 4 is 53.3 Å². The number of hydrogen-bond donors (Lipinski definition) is 3. The number of halogens is 1. The van der Waals surface area contributed by atoms with Gasteiger partial charge >= 0.3 is 0 Å². The number of amides is 1. The van der Waals surface area contributed by atoms with E-state index < -0.39 is 0 Å². The highest BCUT2D eigenvalue weighted by atomic mass is 127. The molecule has 3 N–H and O–H groups in total. The van der Waals surface area contributed by atoms with Crippen molar-refractivity contribution in [2.75, 3.05) is 24.7 Å². The van der Waals surface area contributed by atoms with Gasteiger partial charge in [0.05, 0.1) is 0 Å². The minimum Gasteiger partial charge on any atom is -0.355 e. The first-order chi connectivity index (χ1) is 13.2. The Hall–Kier alpha value is -0.960. The maximum atomic E-state index is 12.4. The second-order valence-corrected chi connectivity index (χ2v) is 8.87. The monoisotopic (exact) mass is 516 g/mol. The van der Waals surface area contributed by atoms with E-state index in [9.17, 15) is 4.79 Å². The molecule has 1 saturated heterocycles. The number of carbonyl (C=O) groups is 1. The summed E-state index contributed by atoms with van der Waals surface area (Å²) in [5.74, 6) is 2.46. The summed E-state index contributed by atoms with van der Waals surface area (Å²) in [6, 6.07) is 8.09. The zero-order chi connectivity index (χ0) is 18.9. The number of aliphatic imine (C=N–C) groups is 1. The standard InChI is InChI=1S/C21H32N4OS.HI/c1-22-21(24-15-19-11-6-12-27-19)23-14-16-7-5-10-18(13-16)25-20(26)17-8-3-2-4-9-17;/h5,7,10,13,17,19H,2-4,6,8-9,11-12,14-15H2,1H3,(H,25,26)(H2,22,23,24);1H. The minimum absolute atomic E-state index is 0. The quantitative estimate of drug-likeness (QED) is 0.298. The molecule has 1 aromatic carbocycles. The lowest BCUT2D eigenvalue weighted by Gasteiger charge is -2.21. The molecule has 1 heterocycles. The molecule has 1 aliphatic carbocycles. The van der Waals surface area contributed by atoms with E-state index in [0.29, 0.717) is 11.8 Å². The molecule has 2 fully saturated rings. The van der Waals surface area contributed by atoms with Gasteiger partial charge in [0.1, 0.15) is 0 Å². The predicted octanol–water partition coefficient (Wildman–Crippen LogP) is 4.38. The van der Waals surface area contributed by atoms with Crippen molar-refractivity contribution in [2.24, 2.45) is 10.9 Å². The molecule has 1 aliphatic heterocycles. The van der Waals surface area contributed by atoms with Crippen LogP contribution >= 0.6 is 35.7 Å². The van der Waals surface area contributed by atoms with Crippen molar-refractivity contribution < 1.29 is 4.79 Å².